The van der Waals surface area contributed by atoms with E-state index in [0.717, 1.165) is 18.4 Å². The number of fused-ring (bicyclic) bond motifs is 2. The van der Waals surface area contributed by atoms with Crippen LogP contribution >= 0.6 is 0 Å². The zero-order chi connectivity index (χ0) is 26.6. The number of nitrogens with zero attached hydrogens (tertiary/aromatic N) is 2. The molecule has 0 radical (unpaired) electrons. The molecule has 0 bridgehead atoms. The van der Waals surface area contributed by atoms with Gasteiger partial charge in [0.2, 0.25) is 0 Å². The van der Waals surface area contributed by atoms with Crippen molar-refractivity contribution in [3.63, 3.8) is 0 Å². The Kier molecular flexibility index (Phi) is 5.90. The number of aryl methyl sites for hydroxylation is 1. The molecule has 1 aliphatic rings. The van der Waals surface area contributed by atoms with E-state index >= 15 is 4.39 Å². The quantitative estimate of drug-likeness (QED) is 0.384. The lowest BCUT2D eigenvalue weighted by molar-refractivity contribution is -0.137. The summed E-state index contributed by atoms with van der Waals surface area (Å²) in [6.07, 6.45) is 4.16. The lowest BCUT2D eigenvalue weighted by Gasteiger charge is -2.34. The van der Waals surface area contributed by atoms with E-state index in [1.54, 1.807) is 42.5 Å². The zero-order valence-corrected chi connectivity index (χ0v) is 20.8. The predicted octanol–water partition coefficient (Wildman–Crippen LogP) is 4.41. The van der Waals surface area contributed by atoms with Crippen LogP contribution in [0.4, 0.5) is 20.2 Å². The summed E-state index contributed by atoms with van der Waals surface area (Å²) in [6, 6.07) is 7.36. The van der Waals surface area contributed by atoms with Crippen molar-refractivity contribution in [3.05, 3.63) is 81.9 Å². The number of sulfone groups is 1. The van der Waals surface area contributed by atoms with Gasteiger partial charge in [0.05, 0.1) is 17.5 Å². The molecule has 2 aromatic heterocycles. The summed E-state index contributed by atoms with van der Waals surface area (Å²) in [7, 11) is -1.79. The summed E-state index contributed by atoms with van der Waals surface area (Å²) in [6.45, 7) is 0. The average Bonchev–Trinajstić information content (AvgIpc) is 3.20. The molecule has 37 heavy (non-hydrogen) atoms. The summed E-state index contributed by atoms with van der Waals surface area (Å²) in [5.41, 5.74) is 2.66. The summed E-state index contributed by atoms with van der Waals surface area (Å²) >= 11 is 0. The van der Waals surface area contributed by atoms with Crippen molar-refractivity contribution in [1.82, 2.24) is 9.55 Å². The van der Waals surface area contributed by atoms with E-state index in [2.05, 4.69) is 4.98 Å². The van der Waals surface area contributed by atoms with Crippen LogP contribution in [0.15, 0.2) is 53.6 Å². The molecule has 11 heteroatoms. The number of carboxylic acid groups (broad SMARTS) is 1. The maximum Gasteiger partial charge on any atom is 0.303 e. The van der Waals surface area contributed by atoms with Gasteiger partial charge in [0, 0.05) is 65.9 Å². The third-order valence-electron chi connectivity index (χ3n) is 6.55. The fourth-order valence-electron chi connectivity index (χ4n) is 5.09. The topological polar surface area (TPSA) is 112 Å². The summed E-state index contributed by atoms with van der Waals surface area (Å²) in [4.78, 5) is 29.1. The number of aliphatic carboxylic acids is 1. The number of halogens is 2. The SMILES string of the molecule is Cn1cc2c3c(c[nH]c3c1=O)[C@H](CCC(=O)O)N(c1ccc(F)cc1F)c1ccc(CS(C)(=O)=O)cc1-2. The Labute approximate surface area is 210 Å². The first-order valence-corrected chi connectivity index (χ1v) is 13.5. The van der Waals surface area contributed by atoms with Gasteiger partial charge in [-0.3, -0.25) is 9.59 Å². The molecule has 0 spiro atoms. The molecule has 1 atom stereocenters. The molecule has 0 amide bonds. The van der Waals surface area contributed by atoms with Crippen molar-refractivity contribution in [2.75, 3.05) is 11.2 Å². The van der Waals surface area contributed by atoms with Crippen molar-refractivity contribution in [2.24, 2.45) is 7.05 Å². The first kappa shape index (κ1) is 24.7. The molecule has 1 aliphatic heterocycles. The van der Waals surface area contributed by atoms with E-state index < -0.39 is 33.5 Å². The minimum Gasteiger partial charge on any atom is -0.481 e. The number of H-pyrrole nitrogens is 1. The Hall–Kier alpha value is -3.99. The van der Waals surface area contributed by atoms with Gasteiger partial charge in [0.25, 0.3) is 5.56 Å². The Morgan fingerprint density at radius 1 is 1.11 bits per heavy atom. The molecule has 0 saturated heterocycles. The number of carbonyl (C=O) groups is 1. The lowest BCUT2D eigenvalue weighted by Crippen LogP contribution is -2.25. The number of pyridine rings is 1. The van der Waals surface area contributed by atoms with Crippen LogP contribution in [-0.4, -0.2) is 35.3 Å². The maximum absolute atomic E-state index is 15.3. The minimum absolute atomic E-state index is 0.0165. The standard InChI is InChI=1S/C26H23F2N3O5S/c1-30-12-18-16-9-14(13-37(2,35)36)3-5-20(16)31(22-6-4-15(27)10-19(22)28)21(7-8-23(32)33)17-11-29-25(24(17)18)26(30)34/h3-6,9-12,21,29H,7-8,13H2,1-2H3,(H,32,33)/t21-/m0/s1. The lowest BCUT2D eigenvalue weighted by atomic mass is 9.97. The Balaban J connectivity index is 1.89. The Morgan fingerprint density at radius 2 is 1.84 bits per heavy atom. The first-order valence-electron chi connectivity index (χ1n) is 11.4. The number of carboxylic acids is 1. The van der Waals surface area contributed by atoms with E-state index in [9.17, 15) is 27.5 Å². The number of benzene rings is 2. The monoisotopic (exact) mass is 527 g/mol. The molecular weight excluding hydrogens is 504 g/mol. The third-order valence-corrected chi connectivity index (χ3v) is 7.41. The van der Waals surface area contributed by atoms with E-state index in [1.807, 2.05) is 0 Å². The number of hydrogen-bond acceptors (Lipinski definition) is 5. The largest absolute Gasteiger partial charge is 0.481 e. The Bertz CT molecular complexity index is 1740. The van der Waals surface area contributed by atoms with E-state index in [0.29, 0.717) is 33.3 Å². The molecule has 0 fully saturated rings. The highest BCUT2D eigenvalue weighted by Crippen LogP contribution is 2.50. The van der Waals surface area contributed by atoms with Gasteiger partial charge in [-0.2, -0.15) is 0 Å². The fraction of sp³-hybridized carbons (Fsp3) is 0.231. The summed E-state index contributed by atoms with van der Waals surface area (Å²) in [5, 5.41) is 10.0. The van der Waals surface area contributed by atoms with Crippen molar-refractivity contribution >= 4 is 38.1 Å². The number of aromatic amines is 1. The van der Waals surface area contributed by atoms with Gasteiger partial charge < -0.3 is 19.6 Å². The average molecular weight is 528 g/mol. The molecule has 2 N–H and O–H groups in total. The van der Waals surface area contributed by atoms with Gasteiger partial charge in [0.15, 0.2) is 9.84 Å². The zero-order valence-electron chi connectivity index (χ0n) is 20.0. The highest BCUT2D eigenvalue weighted by Gasteiger charge is 2.34. The normalized spacial score (nSPS) is 15.0. The molecule has 192 valence electrons. The molecule has 4 aromatic rings. The smallest absolute Gasteiger partial charge is 0.303 e. The Morgan fingerprint density at radius 3 is 2.51 bits per heavy atom. The molecule has 2 aromatic carbocycles. The van der Waals surface area contributed by atoms with Gasteiger partial charge in [-0.05, 0) is 36.2 Å². The van der Waals surface area contributed by atoms with Crippen molar-refractivity contribution in [2.45, 2.75) is 24.6 Å². The van der Waals surface area contributed by atoms with Crippen LogP contribution in [0.25, 0.3) is 22.0 Å². The number of hydrogen-bond donors (Lipinski definition) is 2. The molecule has 3 heterocycles. The number of rotatable bonds is 6. The van der Waals surface area contributed by atoms with Gasteiger partial charge in [-0.15, -0.1) is 0 Å². The second kappa shape index (κ2) is 8.84. The predicted molar refractivity (Wildman–Crippen MR) is 136 cm³/mol. The second-order valence-corrected chi connectivity index (χ2v) is 11.4. The van der Waals surface area contributed by atoms with Gasteiger partial charge in [-0.1, -0.05) is 6.07 Å². The van der Waals surface area contributed by atoms with Crippen LogP contribution < -0.4 is 10.5 Å². The van der Waals surface area contributed by atoms with Crippen LogP contribution in [0.5, 0.6) is 0 Å². The van der Waals surface area contributed by atoms with Crippen molar-refractivity contribution in [3.8, 4) is 11.1 Å². The van der Waals surface area contributed by atoms with Crippen molar-refractivity contribution in [1.29, 1.82) is 0 Å². The van der Waals surface area contributed by atoms with E-state index in [4.69, 9.17) is 0 Å². The second-order valence-electron chi connectivity index (χ2n) is 9.29. The van der Waals surface area contributed by atoms with Crippen LogP contribution in [0, 0.1) is 11.6 Å². The third kappa shape index (κ3) is 4.39. The van der Waals surface area contributed by atoms with Crippen LogP contribution in [0.3, 0.4) is 0 Å². The van der Waals surface area contributed by atoms with Gasteiger partial charge in [-0.25, -0.2) is 17.2 Å². The van der Waals surface area contributed by atoms with E-state index in [1.165, 1.54) is 10.6 Å². The van der Waals surface area contributed by atoms with Gasteiger partial charge in [0.1, 0.15) is 17.2 Å². The van der Waals surface area contributed by atoms with Crippen LogP contribution in [0.1, 0.15) is 30.0 Å². The van der Waals surface area contributed by atoms with Gasteiger partial charge >= 0.3 is 5.97 Å². The molecule has 5 rings (SSSR count). The molecule has 0 saturated carbocycles. The minimum atomic E-state index is -3.38. The molecule has 0 unspecified atom stereocenters. The molecule has 8 nitrogen and oxygen atoms in total. The number of anilines is 2. The highest BCUT2D eigenvalue weighted by atomic mass is 32.2. The fourth-order valence-corrected chi connectivity index (χ4v) is 5.87. The number of nitrogens with one attached hydrogen (secondary N) is 1. The van der Waals surface area contributed by atoms with E-state index in [-0.39, 0.29) is 35.4 Å². The van der Waals surface area contributed by atoms with Crippen LogP contribution in [0.2, 0.25) is 0 Å². The number of aromatic nitrogens is 2. The van der Waals surface area contributed by atoms with Crippen LogP contribution in [-0.2, 0) is 27.4 Å². The summed E-state index contributed by atoms with van der Waals surface area (Å²) < 4.78 is 54.6. The van der Waals surface area contributed by atoms with Crippen molar-refractivity contribution < 1.29 is 27.1 Å². The highest BCUT2D eigenvalue weighted by molar-refractivity contribution is 7.89. The molecule has 0 aliphatic carbocycles. The molecular formula is C26H23F2N3O5S. The summed E-state index contributed by atoms with van der Waals surface area (Å²) in [5.74, 6) is -2.90. The maximum atomic E-state index is 15.3. The first-order chi connectivity index (χ1) is 17.4.